The number of hydrogen-bond donors (Lipinski definition) is 1. The summed E-state index contributed by atoms with van der Waals surface area (Å²) < 4.78 is 5.83. The molecule has 0 bridgehead atoms. The first-order valence-electron chi connectivity index (χ1n) is 12.2. The number of halogens is 2. The third-order valence-electron chi connectivity index (χ3n) is 6.38. The predicted molar refractivity (Wildman–Crippen MR) is 149 cm³/mol. The lowest BCUT2D eigenvalue weighted by Crippen LogP contribution is -2.50. The van der Waals surface area contributed by atoms with Crippen molar-refractivity contribution in [1.29, 1.82) is 0 Å². The number of nitrogens with zero attached hydrogens (tertiary/aromatic N) is 2. The molecule has 0 spiro atoms. The van der Waals surface area contributed by atoms with Gasteiger partial charge in [-0.3, -0.25) is 9.80 Å². The number of aryl methyl sites for hydroxylation is 1. The second-order valence-electron chi connectivity index (χ2n) is 8.92. The van der Waals surface area contributed by atoms with E-state index >= 15 is 0 Å². The number of aliphatic hydroxyl groups is 1. The fourth-order valence-electron chi connectivity index (χ4n) is 4.67. The molecule has 0 saturated carbocycles. The third kappa shape index (κ3) is 8.52. The molecule has 0 aromatic heterocycles. The smallest absolute Gasteiger partial charge is 0.119 e. The van der Waals surface area contributed by atoms with Gasteiger partial charge in [0.05, 0.1) is 6.04 Å². The molecule has 1 fully saturated rings. The van der Waals surface area contributed by atoms with E-state index in [0.29, 0.717) is 13.2 Å². The van der Waals surface area contributed by atoms with Crippen molar-refractivity contribution >= 4 is 24.8 Å². The van der Waals surface area contributed by atoms with Crippen molar-refractivity contribution in [2.45, 2.75) is 31.9 Å². The van der Waals surface area contributed by atoms with Crippen LogP contribution in [0, 0.1) is 0 Å². The van der Waals surface area contributed by atoms with Crippen molar-refractivity contribution in [1.82, 2.24) is 9.80 Å². The molecule has 0 amide bonds. The average molecular weight is 518 g/mol. The summed E-state index contributed by atoms with van der Waals surface area (Å²) in [7, 11) is 0. The van der Waals surface area contributed by atoms with Gasteiger partial charge in [0, 0.05) is 32.7 Å². The molecule has 1 aliphatic rings. The van der Waals surface area contributed by atoms with Gasteiger partial charge in [-0.15, -0.1) is 24.8 Å². The zero-order valence-electron chi connectivity index (χ0n) is 20.5. The summed E-state index contributed by atoms with van der Waals surface area (Å²) in [5.74, 6) is 0.826. The van der Waals surface area contributed by atoms with Gasteiger partial charge in [-0.25, -0.2) is 0 Å². The van der Waals surface area contributed by atoms with Crippen LogP contribution in [0.5, 0.6) is 5.75 Å². The zero-order valence-corrected chi connectivity index (χ0v) is 22.1. The van der Waals surface area contributed by atoms with Crippen LogP contribution < -0.4 is 4.74 Å². The molecule has 4 nitrogen and oxygen atoms in total. The van der Waals surface area contributed by atoms with Crippen LogP contribution in [-0.2, 0) is 6.42 Å². The number of rotatable bonds is 10. The van der Waals surface area contributed by atoms with E-state index in [1.807, 2.05) is 12.1 Å². The minimum atomic E-state index is -0.495. The van der Waals surface area contributed by atoms with Crippen LogP contribution in [0.3, 0.4) is 0 Å². The third-order valence-corrected chi connectivity index (χ3v) is 6.38. The van der Waals surface area contributed by atoms with Gasteiger partial charge < -0.3 is 9.84 Å². The Balaban J connectivity index is 0.00000216. The molecule has 3 aromatic rings. The highest BCUT2D eigenvalue weighted by molar-refractivity contribution is 5.85. The highest BCUT2D eigenvalue weighted by atomic mass is 35.5. The SMILES string of the molecule is CCCc1ccc(OCC(O)CN2CCN(C(c3ccccc3)c3ccccc3)CC2)cc1.Cl.Cl. The lowest BCUT2D eigenvalue weighted by Gasteiger charge is -2.40. The topological polar surface area (TPSA) is 35.9 Å². The zero-order chi connectivity index (χ0) is 22.9. The largest absolute Gasteiger partial charge is 0.491 e. The lowest BCUT2D eigenvalue weighted by atomic mass is 9.96. The van der Waals surface area contributed by atoms with Crippen LogP contribution in [0.25, 0.3) is 0 Å². The second kappa shape index (κ2) is 15.1. The van der Waals surface area contributed by atoms with E-state index in [1.165, 1.54) is 16.7 Å². The maximum atomic E-state index is 10.6. The molecular weight excluding hydrogens is 479 g/mol. The quantitative estimate of drug-likeness (QED) is 0.378. The number of piperazine rings is 1. The highest BCUT2D eigenvalue weighted by Gasteiger charge is 2.27. The molecule has 1 unspecified atom stereocenters. The highest BCUT2D eigenvalue weighted by Crippen LogP contribution is 2.29. The number of ether oxygens (including phenoxy) is 1. The maximum Gasteiger partial charge on any atom is 0.119 e. The average Bonchev–Trinajstić information content (AvgIpc) is 2.86. The summed E-state index contributed by atoms with van der Waals surface area (Å²) >= 11 is 0. The monoisotopic (exact) mass is 516 g/mol. The van der Waals surface area contributed by atoms with Crippen LogP contribution in [0.4, 0.5) is 0 Å². The van der Waals surface area contributed by atoms with Crippen molar-refractivity contribution in [3.63, 3.8) is 0 Å². The van der Waals surface area contributed by atoms with Gasteiger partial charge >= 0.3 is 0 Å². The Morgan fingerprint density at radius 3 is 1.83 bits per heavy atom. The minimum Gasteiger partial charge on any atom is -0.491 e. The summed E-state index contributed by atoms with van der Waals surface area (Å²) in [4.78, 5) is 4.91. The lowest BCUT2D eigenvalue weighted by molar-refractivity contribution is 0.0401. The van der Waals surface area contributed by atoms with Gasteiger partial charge in [0.15, 0.2) is 0 Å². The first-order valence-corrected chi connectivity index (χ1v) is 12.2. The Labute approximate surface area is 222 Å². The summed E-state index contributed by atoms with van der Waals surface area (Å²) in [5.41, 5.74) is 3.98. The number of hydrogen-bond acceptors (Lipinski definition) is 4. The van der Waals surface area contributed by atoms with Gasteiger partial charge in [0.1, 0.15) is 18.5 Å². The van der Waals surface area contributed by atoms with E-state index in [1.54, 1.807) is 0 Å². The van der Waals surface area contributed by atoms with Crippen LogP contribution in [0.1, 0.15) is 36.1 Å². The first-order chi connectivity index (χ1) is 16.2. The molecule has 6 heteroatoms. The summed E-state index contributed by atoms with van der Waals surface area (Å²) in [5, 5.41) is 10.6. The molecule has 35 heavy (non-hydrogen) atoms. The van der Waals surface area contributed by atoms with Gasteiger partial charge in [-0.2, -0.15) is 0 Å². The maximum absolute atomic E-state index is 10.6. The molecular formula is C29H38Cl2N2O2. The van der Waals surface area contributed by atoms with E-state index in [9.17, 15) is 5.11 Å². The van der Waals surface area contributed by atoms with Gasteiger partial charge in [0.25, 0.3) is 0 Å². The second-order valence-corrected chi connectivity index (χ2v) is 8.92. The Hall–Kier alpha value is -2.08. The number of β-amino-alcohol motifs (C(OH)–C–C–N with tert-alkyl or cyclic N) is 1. The standard InChI is InChI=1S/C29H36N2O2.2ClH/c1-2-9-24-14-16-28(17-15-24)33-23-27(32)22-30-18-20-31(21-19-30)29(25-10-5-3-6-11-25)26-12-7-4-8-13-26;;/h3-8,10-17,27,29,32H,2,9,18-23H2,1H3;2*1H. The van der Waals surface area contributed by atoms with Crippen LogP contribution >= 0.6 is 24.8 Å². The van der Waals surface area contributed by atoms with Crippen molar-refractivity contribution in [2.75, 3.05) is 39.3 Å². The van der Waals surface area contributed by atoms with Crippen LogP contribution in [-0.4, -0.2) is 60.3 Å². The van der Waals surface area contributed by atoms with Crippen molar-refractivity contribution < 1.29 is 9.84 Å². The van der Waals surface area contributed by atoms with Crippen molar-refractivity contribution in [3.8, 4) is 5.75 Å². The molecule has 4 rings (SSSR count). The Morgan fingerprint density at radius 1 is 0.771 bits per heavy atom. The number of benzene rings is 3. The fraction of sp³-hybridized carbons (Fsp3) is 0.379. The molecule has 190 valence electrons. The molecule has 0 aliphatic carbocycles. The van der Waals surface area contributed by atoms with E-state index < -0.39 is 6.10 Å². The molecule has 1 atom stereocenters. The minimum absolute atomic E-state index is 0. The molecule has 0 radical (unpaired) electrons. The van der Waals surface area contributed by atoms with Gasteiger partial charge in [-0.1, -0.05) is 86.1 Å². The Morgan fingerprint density at radius 2 is 1.31 bits per heavy atom. The van der Waals surface area contributed by atoms with Crippen LogP contribution in [0.15, 0.2) is 84.9 Å². The first kappa shape index (κ1) is 29.2. The molecule has 1 heterocycles. The van der Waals surface area contributed by atoms with Crippen molar-refractivity contribution in [3.05, 3.63) is 102 Å². The molecule has 1 N–H and O–H groups in total. The molecule has 1 aliphatic heterocycles. The summed E-state index contributed by atoms with van der Waals surface area (Å²) in [6.45, 7) is 6.98. The summed E-state index contributed by atoms with van der Waals surface area (Å²) in [6, 6.07) is 30.0. The predicted octanol–water partition coefficient (Wildman–Crippen LogP) is 5.63. The van der Waals surface area contributed by atoms with E-state index in [4.69, 9.17) is 4.74 Å². The molecule has 3 aromatic carbocycles. The van der Waals surface area contributed by atoms with Crippen molar-refractivity contribution in [2.24, 2.45) is 0 Å². The molecule has 1 saturated heterocycles. The summed E-state index contributed by atoms with van der Waals surface area (Å²) in [6.07, 6.45) is 1.74. The fourth-order valence-corrected chi connectivity index (χ4v) is 4.67. The van der Waals surface area contributed by atoms with E-state index in [0.717, 1.165) is 44.8 Å². The van der Waals surface area contributed by atoms with Gasteiger partial charge in [-0.05, 0) is 35.2 Å². The van der Waals surface area contributed by atoms with Crippen LogP contribution in [0.2, 0.25) is 0 Å². The normalized spacial score (nSPS) is 15.2. The Kier molecular flexibility index (Phi) is 12.6. The Bertz CT molecular complexity index is 910. The van der Waals surface area contributed by atoms with E-state index in [-0.39, 0.29) is 30.9 Å². The number of aliphatic hydroxyl groups excluding tert-OH is 1. The van der Waals surface area contributed by atoms with Gasteiger partial charge in [0.2, 0.25) is 0 Å². The van der Waals surface area contributed by atoms with E-state index in [2.05, 4.69) is 89.5 Å².